The van der Waals surface area contributed by atoms with Crippen molar-refractivity contribution in [1.29, 1.82) is 0 Å². The molecule has 25 heavy (non-hydrogen) atoms. The second-order valence-corrected chi connectivity index (χ2v) is 7.29. The predicted molar refractivity (Wildman–Crippen MR) is 102 cm³/mol. The fraction of sp³-hybridized carbons (Fsp3) is 0.500. The Morgan fingerprint density at radius 1 is 1.24 bits per heavy atom. The Labute approximate surface area is 150 Å². The number of nitrogens with one attached hydrogen (secondary N) is 1. The van der Waals surface area contributed by atoms with Crippen LogP contribution in [0.25, 0.3) is 0 Å². The number of aliphatic hydroxyl groups excluding tert-OH is 1. The summed E-state index contributed by atoms with van der Waals surface area (Å²) in [4.78, 5) is 11.5. The minimum absolute atomic E-state index is 0.0124. The molecule has 0 saturated heterocycles. The van der Waals surface area contributed by atoms with E-state index in [1.807, 2.05) is 13.0 Å². The molecular formula is C20H28N4O. The van der Waals surface area contributed by atoms with Crippen LogP contribution in [-0.4, -0.2) is 33.8 Å². The second kappa shape index (κ2) is 7.40. The number of aromatic nitrogens is 2. The molecule has 2 atom stereocenters. The monoisotopic (exact) mass is 340 g/mol. The molecular weight excluding hydrogens is 312 g/mol. The van der Waals surface area contributed by atoms with Crippen LogP contribution in [0.15, 0.2) is 30.3 Å². The number of fused-ring (bicyclic) bond motifs is 1. The molecule has 1 aliphatic heterocycles. The zero-order chi connectivity index (χ0) is 18.0. The molecule has 0 saturated carbocycles. The molecule has 1 aromatic carbocycles. The third kappa shape index (κ3) is 3.93. The summed E-state index contributed by atoms with van der Waals surface area (Å²) in [5, 5.41) is 12.9. The Morgan fingerprint density at radius 3 is 2.64 bits per heavy atom. The first-order valence-electron chi connectivity index (χ1n) is 9.04. The van der Waals surface area contributed by atoms with Gasteiger partial charge in [0.15, 0.2) is 0 Å². The van der Waals surface area contributed by atoms with Crippen molar-refractivity contribution in [2.45, 2.75) is 52.7 Å². The predicted octanol–water partition coefficient (Wildman–Crippen LogP) is 3.17. The first-order chi connectivity index (χ1) is 12.0. The Hall–Kier alpha value is -2.14. The van der Waals surface area contributed by atoms with Gasteiger partial charge in [0.1, 0.15) is 17.5 Å². The van der Waals surface area contributed by atoms with Crippen molar-refractivity contribution in [3.63, 3.8) is 0 Å². The molecule has 0 unspecified atom stereocenters. The van der Waals surface area contributed by atoms with Crippen molar-refractivity contribution in [3.05, 3.63) is 47.3 Å². The van der Waals surface area contributed by atoms with Gasteiger partial charge in [-0.25, -0.2) is 9.97 Å². The van der Waals surface area contributed by atoms with E-state index in [0.717, 1.165) is 30.4 Å². The van der Waals surface area contributed by atoms with Crippen LogP contribution < -0.4 is 10.2 Å². The van der Waals surface area contributed by atoms with E-state index < -0.39 is 0 Å². The van der Waals surface area contributed by atoms with Crippen molar-refractivity contribution >= 4 is 11.6 Å². The van der Waals surface area contributed by atoms with E-state index >= 15 is 0 Å². The number of aryl methyl sites for hydroxylation is 1. The lowest BCUT2D eigenvalue weighted by Gasteiger charge is -2.36. The topological polar surface area (TPSA) is 61.3 Å². The summed E-state index contributed by atoms with van der Waals surface area (Å²) in [6.07, 6.45) is 1.02. The van der Waals surface area contributed by atoms with E-state index in [1.165, 1.54) is 11.1 Å². The average molecular weight is 340 g/mol. The number of anilines is 2. The smallest absolute Gasteiger partial charge is 0.134 e. The molecule has 0 spiro atoms. The third-order valence-corrected chi connectivity index (χ3v) is 4.96. The summed E-state index contributed by atoms with van der Waals surface area (Å²) in [6.45, 7) is 9.29. The number of hydrogen-bond donors (Lipinski definition) is 2. The Kier molecular flexibility index (Phi) is 5.23. The maximum atomic E-state index is 9.58. The van der Waals surface area contributed by atoms with Crippen molar-refractivity contribution in [2.24, 2.45) is 5.92 Å². The molecule has 0 fully saturated rings. The minimum atomic E-state index is -0.0124. The van der Waals surface area contributed by atoms with Gasteiger partial charge in [-0.15, -0.1) is 0 Å². The van der Waals surface area contributed by atoms with Gasteiger partial charge in [-0.2, -0.15) is 0 Å². The van der Waals surface area contributed by atoms with Gasteiger partial charge in [-0.05, 0) is 37.3 Å². The number of nitrogens with zero attached hydrogens (tertiary/aromatic N) is 3. The molecule has 5 nitrogen and oxygen atoms in total. The van der Waals surface area contributed by atoms with Crippen molar-refractivity contribution in [3.8, 4) is 0 Å². The van der Waals surface area contributed by atoms with E-state index in [4.69, 9.17) is 0 Å². The molecule has 1 aliphatic rings. The number of rotatable bonds is 5. The first-order valence-corrected chi connectivity index (χ1v) is 9.04. The summed E-state index contributed by atoms with van der Waals surface area (Å²) in [6, 6.07) is 11.0. The quantitative estimate of drug-likeness (QED) is 0.875. The van der Waals surface area contributed by atoms with Crippen LogP contribution >= 0.6 is 0 Å². The van der Waals surface area contributed by atoms with Crippen molar-refractivity contribution in [1.82, 2.24) is 9.97 Å². The van der Waals surface area contributed by atoms with Gasteiger partial charge in [0.2, 0.25) is 0 Å². The molecule has 0 amide bonds. The van der Waals surface area contributed by atoms with Gasteiger partial charge in [0.25, 0.3) is 0 Å². The van der Waals surface area contributed by atoms with Crippen LogP contribution in [0.1, 0.15) is 37.7 Å². The van der Waals surface area contributed by atoms with Crippen LogP contribution in [0.2, 0.25) is 0 Å². The fourth-order valence-electron chi connectivity index (χ4n) is 3.37. The van der Waals surface area contributed by atoms with Crippen LogP contribution in [0, 0.1) is 12.8 Å². The number of hydrogen-bond acceptors (Lipinski definition) is 5. The van der Waals surface area contributed by atoms with Gasteiger partial charge in [0, 0.05) is 18.7 Å². The Bertz CT molecular complexity index is 731. The standard InChI is InChI=1S/C20H28N4O/c1-13(2)18(12-25)23-19-10-20(22-15(4)21-19)24-11-17-8-6-5-7-16(17)9-14(24)3/h5-8,10,13-14,18,25H,9,11-12H2,1-4H3,(H,21,22,23)/t14-,18+/m1/s1. The third-order valence-electron chi connectivity index (χ3n) is 4.96. The lowest BCUT2D eigenvalue weighted by atomic mass is 9.95. The number of benzene rings is 1. The molecule has 2 heterocycles. The molecule has 2 aromatic rings. The molecule has 1 aromatic heterocycles. The maximum absolute atomic E-state index is 9.58. The highest BCUT2D eigenvalue weighted by atomic mass is 16.3. The van der Waals surface area contributed by atoms with Crippen LogP contribution in [0.3, 0.4) is 0 Å². The molecule has 0 bridgehead atoms. The van der Waals surface area contributed by atoms with Crippen LogP contribution in [-0.2, 0) is 13.0 Å². The van der Waals surface area contributed by atoms with E-state index in [0.29, 0.717) is 12.0 Å². The Morgan fingerprint density at radius 2 is 1.96 bits per heavy atom. The van der Waals surface area contributed by atoms with Crippen molar-refractivity contribution in [2.75, 3.05) is 16.8 Å². The van der Waals surface area contributed by atoms with E-state index in [1.54, 1.807) is 0 Å². The SMILES string of the molecule is Cc1nc(N[C@@H](CO)C(C)C)cc(N2Cc3ccccc3C[C@H]2C)n1. The fourth-order valence-corrected chi connectivity index (χ4v) is 3.37. The maximum Gasteiger partial charge on any atom is 0.134 e. The molecule has 134 valence electrons. The zero-order valence-electron chi connectivity index (χ0n) is 15.5. The average Bonchev–Trinajstić information content (AvgIpc) is 2.58. The molecule has 0 aliphatic carbocycles. The van der Waals surface area contributed by atoms with E-state index in [2.05, 4.69) is 65.2 Å². The largest absolute Gasteiger partial charge is 0.394 e. The minimum Gasteiger partial charge on any atom is -0.394 e. The van der Waals surface area contributed by atoms with Crippen LogP contribution in [0.5, 0.6) is 0 Å². The lowest BCUT2D eigenvalue weighted by molar-refractivity contribution is 0.249. The first kappa shape index (κ1) is 17.7. The van der Waals surface area contributed by atoms with Gasteiger partial charge in [-0.3, -0.25) is 0 Å². The highest BCUT2D eigenvalue weighted by Crippen LogP contribution is 2.28. The van der Waals surface area contributed by atoms with Crippen molar-refractivity contribution < 1.29 is 5.11 Å². The second-order valence-electron chi connectivity index (χ2n) is 7.29. The summed E-state index contributed by atoms with van der Waals surface area (Å²) in [7, 11) is 0. The zero-order valence-corrected chi connectivity index (χ0v) is 15.5. The van der Waals surface area contributed by atoms with Gasteiger partial charge in [0.05, 0.1) is 12.6 Å². The lowest BCUT2D eigenvalue weighted by Crippen LogP contribution is -2.39. The highest BCUT2D eigenvalue weighted by molar-refractivity contribution is 5.52. The van der Waals surface area contributed by atoms with Gasteiger partial charge in [-0.1, -0.05) is 38.1 Å². The summed E-state index contributed by atoms with van der Waals surface area (Å²) in [5.74, 6) is 2.79. The van der Waals surface area contributed by atoms with E-state index in [-0.39, 0.29) is 12.6 Å². The van der Waals surface area contributed by atoms with Crippen LogP contribution in [0.4, 0.5) is 11.6 Å². The molecule has 5 heteroatoms. The van der Waals surface area contributed by atoms with E-state index in [9.17, 15) is 5.11 Å². The molecule has 0 radical (unpaired) electrons. The van der Waals surface area contributed by atoms with Gasteiger partial charge >= 0.3 is 0 Å². The summed E-state index contributed by atoms with van der Waals surface area (Å²) in [5.41, 5.74) is 2.79. The summed E-state index contributed by atoms with van der Waals surface area (Å²) < 4.78 is 0. The highest BCUT2D eigenvalue weighted by Gasteiger charge is 2.24. The number of aliphatic hydroxyl groups is 1. The normalized spacial score (nSPS) is 18.2. The van der Waals surface area contributed by atoms with Gasteiger partial charge < -0.3 is 15.3 Å². The summed E-state index contributed by atoms with van der Waals surface area (Å²) >= 11 is 0. The molecule has 2 N–H and O–H groups in total. The molecule has 3 rings (SSSR count). The Balaban J connectivity index is 1.87.